The molecule has 2 saturated heterocycles. The van der Waals surface area contributed by atoms with Crippen LogP contribution in [-0.4, -0.2) is 42.8 Å². The van der Waals surface area contributed by atoms with Crippen molar-refractivity contribution >= 4 is 5.97 Å². The largest absolute Gasteiger partial charge is 0.459 e. The number of carbonyl (C=O) groups is 1. The summed E-state index contributed by atoms with van der Waals surface area (Å²) in [6.07, 6.45) is -2.10. The third-order valence-electron chi connectivity index (χ3n) is 3.67. The number of fused-ring (bicyclic) bond motifs is 1. The Balaban J connectivity index is 1.63. The number of carbonyl (C=O) groups excluding carboxylic acids is 1. The minimum atomic E-state index is -0.768. The van der Waals surface area contributed by atoms with Crippen LogP contribution in [0.2, 0.25) is 0 Å². The number of hydrogen-bond acceptors (Lipinski definition) is 6. The van der Waals surface area contributed by atoms with Crippen LogP contribution in [0.1, 0.15) is 24.2 Å². The van der Waals surface area contributed by atoms with E-state index in [1.165, 1.54) is 0 Å². The molecule has 2 aliphatic heterocycles. The lowest BCUT2D eigenvalue weighted by molar-refractivity contribution is -0.184. The summed E-state index contributed by atoms with van der Waals surface area (Å²) in [5.41, 5.74) is 0.470. The highest BCUT2D eigenvalue weighted by atomic mass is 16.8. The molecule has 0 radical (unpaired) electrons. The third kappa shape index (κ3) is 2.83. The summed E-state index contributed by atoms with van der Waals surface area (Å²) in [7, 11) is 0. The van der Waals surface area contributed by atoms with Gasteiger partial charge in [0.2, 0.25) is 0 Å². The maximum Gasteiger partial charge on any atom is 0.338 e. The van der Waals surface area contributed by atoms with Gasteiger partial charge in [0, 0.05) is 0 Å². The molecular weight excluding hydrogens is 286 g/mol. The van der Waals surface area contributed by atoms with Gasteiger partial charge >= 0.3 is 5.97 Å². The Morgan fingerprint density at radius 3 is 2.64 bits per heavy atom. The van der Waals surface area contributed by atoms with E-state index in [-0.39, 0.29) is 6.61 Å². The van der Waals surface area contributed by atoms with E-state index >= 15 is 0 Å². The molecule has 6 heteroatoms. The van der Waals surface area contributed by atoms with E-state index in [0.29, 0.717) is 5.56 Å². The summed E-state index contributed by atoms with van der Waals surface area (Å²) in [6, 6.07) is 10.8. The molecule has 0 saturated carbocycles. The molecule has 2 fully saturated rings. The van der Waals surface area contributed by atoms with Gasteiger partial charge in [0.1, 0.15) is 24.9 Å². The third-order valence-corrected chi connectivity index (χ3v) is 3.67. The van der Waals surface area contributed by atoms with Gasteiger partial charge in [0.15, 0.2) is 11.9 Å². The monoisotopic (exact) mass is 303 g/mol. The summed E-state index contributed by atoms with van der Waals surface area (Å²) < 4.78 is 22.3. The Bertz CT molecular complexity index is 594. The van der Waals surface area contributed by atoms with Crippen molar-refractivity contribution in [2.24, 2.45) is 0 Å². The van der Waals surface area contributed by atoms with E-state index in [9.17, 15) is 4.79 Å². The molecule has 1 aromatic rings. The standard InChI is InChI=1S/C16H17NO5/c1-16(2)21-13-11(8-17)20-12(14(13)22-16)9-19-15(18)10-6-4-3-5-7-10/h3-7,11-14H,9H2,1-2H3/t11-,12+,13+,14+/m0/s1. The van der Waals surface area contributed by atoms with Crippen LogP contribution in [0.3, 0.4) is 0 Å². The minimum Gasteiger partial charge on any atom is -0.459 e. The van der Waals surface area contributed by atoms with Crippen molar-refractivity contribution in [3.05, 3.63) is 35.9 Å². The normalized spacial score (nSPS) is 32.2. The molecule has 22 heavy (non-hydrogen) atoms. The Hall–Kier alpha value is -1.94. The van der Waals surface area contributed by atoms with Crippen LogP contribution >= 0.6 is 0 Å². The SMILES string of the molecule is CC1(C)O[C@H]2[C@H](O1)[C@@H](COC(=O)c1ccccc1)O[C@H]2C#N. The van der Waals surface area contributed by atoms with Crippen molar-refractivity contribution in [1.82, 2.24) is 0 Å². The van der Waals surface area contributed by atoms with E-state index in [4.69, 9.17) is 24.2 Å². The van der Waals surface area contributed by atoms with Gasteiger partial charge in [-0.1, -0.05) is 18.2 Å². The molecule has 0 spiro atoms. The second kappa shape index (κ2) is 5.69. The van der Waals surface area contributed by atoms with Crippen LogP contribution in [0.25, 0.3) is 0 Å². The van der Waals surface area contributed by atoms with Gasteiger partial charge in [-0.25, -0.2) is 4.79 Å². The Morgan fingerprint density at radius 1 is 1.27 bits per heavy atom. The highest BCUT2D eigenvalue weighted by Crippen LogP contribution is 2.38. The number of ether oxygens (including phenoxy) is 4. The smallest absolute Gasteiger partial charge is 0.338 e. The molecule has 0 amide bonds. The van der Waals surface area contributed by atoms with Gasteiger partial charge in [-0.05, 0) is 26.0 Å². The van der Waals surface area contributed by atoms with E-state index in [0.717, 1.165) is 0 Å². The molecule has 116 valence electrons. The van der Waals surface area contributed by atoms with E-state index < -0.39 is 36.2 Å². The molecule has 2 aliphatic rings. The zero-order valence-corrected chi connectivity index (χ0v) is 12.4. The van der Waals surface area contributed by atoms with Crippen LogP contribution in [-0.2, 0) is 18.9 Å². The van der Waals surface area contributed by atoms with Gasteiger partial charge in [-0.3, -0.25) is 0 Å². The van der Waals surface area contributed by atoms with Crippen molar-refractivity contribution in [3.63, 3.8) is 0 Å². The fourth-order valence-corrected chi connectivity index (χ4v) is 2.74. The van der Waals surface area contributed by atoms with Crippen molar-refractivity contribution in [2.45, 2.75) is 44.1 Å². The van der Waals surface area contributed by atoms with Gasteiger partial charge in [0.05, 0.1) is 11.6 Å². The molecule has 0 N–H and O–H groups in total. The number of benzene rings is 1. The maximum atomic E-state index is 12.0. The van der Waals surface area contributed by atoms with Crippen LogP contribution in [0.4, 0.5) is 0 Å². The fourth-order valence-electron chi connectivity index (χ4n) is 2.74. The Morgan fingerprint density at radius 2 is 1.95 bits per heavy atom. The first-order chi connectivity index (χ1) is 10.5. The zero-order chi connectivity index (χ0) is 15.7. The van der Waals surface area contributed by atoms with Gasteiger partial charge in [-0.2, -0.15) is 5.26 Å². The number of hydrogen-bond donors (Lipinski definition) is 0. The van der Waals surface area contributed by atoms with Crippen LogP contribution in [0, 0.1) is 11.3 Å². The highest BCUT2D eigenvalue weighted by Gasteiger charge is 2.55. The predicted molar refractivity (Wildman–Crippen MR) is 74.8 cm³/mol. The molecule has 0 aliphatic carbocycles. The average molecular weight is 303 g/mol. The van der Waals surface area contributed by atoms with Crippen molar-refractivity contribution in [2.75, 3.05) is 6.61 Å². The van der Waals surface area contributed by atoms with Crippen molar-refractivity contribution in [1.29, 1.82) is 5.26 Å². The lowest BCUT2D eigenvalue weighted by Crippen LogP contribution is -2.33. The zero-order valence-electron chi connectivity index (χ0n) is 12.4. The second-order valence-corrected chi connectivity index (χ2v) is 5.75. The fraction of sp³-hybridized carbons (Fsp3) is 0.500. The first-order valence-corrected chi connectivity index (χ1v) is 7.13. The van der Waals surface area contributed by atoms with Gasteiger partial charge in [-0.15, -0.1) is 0 Å². The number of rotatable bonds is 3. The topological polar surface area (TPSA) is 77.8 Å². The van der Waals surface area contributed by atoms with E-state index in [1.807, 2.05) is 6.07 Å². The van der Waals surface area contributed by atoms with Gasteiger partial charge in [0.25, 0.3) is 0 Å². The summed E-state index contributed by atoms with van der Waals surface area (Å²) in [4.78, 5) is 12.0. The average Bonchev–Trinajstić information content (AvgIpc) is 2.99. The maximum absolute atomic E-state index is 12.0. The van der Waals surface area contributed by atoms with Crippen LogP contribution in [0.15, 0.2) is 30.3 Å². The predicted octanol–water partition coefficient (Wildman–Crippen LogP) is 1.65. The van der Waals surface area contributed by atoms with Crippen molar-refractivity contribution in [3.8, 4) is 6.07 Å². The lowest BCUT2D eigenvalue weighted by atomic mass is 10.1. The number of nitriles is 1. The molecule has 0 unspecified atom stereocenters. The molecule has 6 nitrogen and oxygen atoms in total. The molecule has 2 heterocycles. The Labute approximate surface area is 128 Å². The molecule has 3 rings (SSSR count). The van der Waals surface area contributed by atoms with Crippen LogP contribution < -0.4 is 0 Å². The van der Waals surface area contributed by atoms with E-state index in [2.05, 4.69) is 6.07 Å². The summed E-state index contributed by atoms with van der Waals surface area (Å²) >= 11 is 0. The first-order valence-electron chi connectivity index (χ1n) is 7.13. The summed E-state index contributed by atoms with van der Waals surface area (Å²) in [5.74, 6) is -1.20. The molecule has 0 aromatic heterocycles. The molecular formula is C16H17NO5. The molecule has 4 atom stereocenters. The summed E-state index contributed by atoms with van der Waals surface area (Å²) in [6.45, 7) is 3.59. The van der Waals surface area contributed by atoms with Crippen LogP contribution in [0.5, 0.6) is 0 Å². The molecule has 0 bridgehead atoms. The second-order valence-electron chi connectivity index (χ2n) is 5.75. The van der Waals surface area contributed by atoms with Crippen molar-refractivity contribution < 1.29 is 23.7 Å². The molecule has 1 aromatic carbocycles. The first kappa shape index (κ1) is 15.0. The number of nitrogens with zero attached hydrogens (tertiary/aromatic N) is 1. The highest BCUT2D eigenvalue weighted by molar-refractivity contribution is 5.89. The summed E-state index contributed by atoms with van der Waals surface area (Å²) in [5, 5.41) is 9.14. The lowest BCUT2D eigenvalue weighted by Gasteiger charge is -2.22. The number of esters is 1. The van der Waals surface area contributed by atoms with Gasteiger partial charge < -0.3 is 18.9 Å². The minimum absolute atomic E-state index is 0.0204. The Kier molecular flexibility index (Phi) is 3.87. The quantitative estimate of drug-likeness (QED) is 0.790. The van der Waals surface area contributed by atoms with E-state index in [1.54, 1.807) is 38.1 Å².